The van der Waals surface area contributed by atoms with E-state index in [2.05, 4.69) is 6.07 Å². The summed E-state index contributed by atoms with van der Waals surface area (Å²) >= 11 is 11.1. The molecule has 0 saturated carbocycles. The summed E-state index contributed by atoms with van der Waals surface area (Å²) in [6, 6.07) is 7.96. The second-order valence-corrected chi connectivity index (χ2v) is 2.12. The molecule has 0 aromatic heterocycles. The number of hydrogen-bond acceptors (Lipinski definition) is 0. The van der Waals surface area contributed by atoms with Gasteiger partial charge in [-0.25, -0.2) is 0 Å². The Balaban J connectivity index is 0.000000640. The zero-order chi connectivity index (χ0) is 5.98. The molecule has 1 rings (SSSR count). The Morgan fingerprint density at radius 1 is 1.33 bits per heavy atom. The van der Waals surface area contributed by atoms with Gasteiger partial charge in [-0.05, 0) is 0 Å². The summed E-state index contributed by atoms with van der Waals surface area (Å²) in [6.45, 7) is 0. The van der Waals surface area contributed by atoms with Crippen molar-refractivity contribution in [2.45, 2.75) is 0 Å². The van der Waals surface area contributed by atoms with Crippen molar-refractivity contribution in [2.75, 3.05) is 0 Å². The summed E-state index contributed by atoms with van der Waals surface area (Å²) in [6.07, 6.45) is 0. The van der Waals surface area contributed by atoms with Crippen LogP contribution in [-0.4, -0.2) is 0 Å². The van der Waals surface area contributed by atoms with Gasteiger partial charge in [-0.1, -0.05) is 10.0 Å². The third-order valence-corrected chi connectivity index (χ3v) is 1.48. The van der Waals surface area contributed by atoms with E-state index in [9.17, 15) is 0 Å². The Morgan fingerprint density at radius 3 is 2.33 bits per heavy atom. The van der Waals surface area contributed by atoms with Gasteiger partial charge in [0, 0.05) is 19.5 Å². The van der Waals surface area contributed by atoms with Crippen molar-refractivity contribution in [2.24, 2.45) is 0 Å². The Morgan fingerprint density at radius 2 is 2.00 bits per heavy atom. The van der Waals surface area contributed by atoms with Crippen LogP contribution in [0.5, 0.6) is 0 Å². The first-order chi connectivity index (χ1) is 3.80. The number of hydrogen-bond donors (Lipinski definition) is 0. The molecule has 0 aliphatic heterocycles. The standard InChI is InChI=1S/C6H3Cl2.Zn/c7-5-3-1-2-4-6(5)8;/h1-3H;/q-1;. The number of benzene rings is 1. The van der Waals surface area contributed by atoms with Crippen molar-refractivity contribution in [3.05, 3.63) is 34.3 Å². The van der Waals surface area contributed by atoms with Gasteiger partial charge in [-0.3, -0.25) is 0 Å². The molecular formula is C6H3Cl2Zn-. The molecule has 0 aliphatic rings. The zero-order valence-corrected chi connectivity index (χ0v) is 9.17. The maximum absolute atomic E-state index is 5.55. The van der Waals surface area contributed by atoms with Crippen LogP contribution in [-0.2, 0) is 19.5 Å². The van der Waals surface area contributed by atoms with Crippen LogP contribution in [0.25, 0.3) is 0 Å². The molecule has 0 nitrogen and oxygen atoms in total. The first-order valence-electron chi connectivity index (χ1n) is 2.12. The van der Waals surface area contributed by atoms with Gasteiger partial charge in [0.05, 0.1) is 0 Å². The average molecular weight is 211 g/mol. The van der Waals surface area contributed by atoms with Crippen LogP contribution in [0.3, 0.4) is 0 Å². The van der Waals surface area contributed by atoms with E-state index in [-0.39, 0.29) is 19.5 Å². The van der Waals surface area contributed by atoms with E-state index in [0.717, 1.165) is 0 Å². The maximum Gasteiger partial charge on any atom is 0 e. The second kappa shape index (κ2) is 4.27. The second-order valence-electron chi connectivity index (χ2n) is 1.33. The van der Waals surface area contributed by atoms with Crippen LogP contribution in [0.15, 0.2) is 18.2 Å². The van der Waals surface area contributed by atoms with Crippen LogP contribution >= 0.6 is 23.2 Å². The first-order valence-corrected chi connectivity index (χ1v) is 2.88. The monoisotopic (exact) mass is 209 g/mol. The summed E-state index contributed by atoms with van der Waals surface area (Å²) in [5.41, 5.74) is 0. The smallest absolute Gasteiger partial charge is 0 e. The van der Waals surface area contributed by atoms with E-state index < -0.39 is 0 Å². The minimum atomic E-state index is 0. The topological polar surface area (TPSA) is 0 Å². The molecule has 0 amide bonds. The Kier molecular flexibility index (Phi) is 4.47. The molecule has 0 N–H and O–H groups in total. The molecular weight excluding hydrogens is 208 g/mol. The van der Waals surface area contributed by atoms with Crippen molar-refractivity contribution in [3.63, 3.8) is 0 Å². The Labute approximate surface area is 76.9 Å². The molecule has 0 unspecified atom stereocenters. The molecule has 0 aliphatic carbocycles. The fraction of sp³-hybridized carbons (Fsp3) is 0. The molecule has 0 radical (unpaired) electrons. The van der Waals surface area contributed by atoms with Gasteiger partial charge in [0.2, 0.25) is 0 Å². The van der Waals surface area contributed by atoms with E-state index in [1.165, 1.54) is 0 Å². The van der Waals surface area contributed by atoms with Crippen LogP contribution in [0.2, 0.25) is 10.0 Å². The van der Waals surface area contributed by atoms with Crippen LogP contribution < -0.4 is 0 Å². The van der Waals surface area contributed by atoms with E-state index in [1.807, 2.05) is 0 Å². The predicted octanol–water partition coefficient (Wildman–Crippen LogP) is 2.79. The Bertz CT molecular complexity index is 167. The SMILES string of the molecule is Clc1[c-]cccc1Cl.[Zn]. The quantitative estimate of drug-likeness (QED) is 0.457. The van der Waals surface area contributed by atoms with E-state index in [4.69, 9.17) is 23.2 Å². The molecule has 0 bridgehead atoms. The van der Waals surface area contributed by atoms with Gasteiger partial charge in [0.25, 0.3) is 0 Å². The molecule has 0 heterocycles. The van der Waals surface area contributed by atoms with Gasteiger partial charge in [-0.15, -0.1) is 11.6 Å². The van der Waals surface area contributed by atoms with Crippen molar-refractivity contribution in [3.8, 4) is 0 Å². The predicted molar refractivity (Wildman–Crippen MR) is 35.3 cm³/mol. The summed E-state index contributed by atoms with van der Waals surface area (Å²) in [5.74, 6) is 0. The molecule has 1 aromatic rings. The molecule has 0 fully saturated rings. The minimum absolute atomic E-state index is 0. The molecule has 0 saturated heterocycles. The normalized spacial score (nSPS) is 8.22. The zero-order valence-electron chi connectivity index (χ0n) is 4.70. The number of halogens is 2. The van der Waals surface area contributed by atoms with Gasteiger partial charge >= 0.3 is 0 Å². The molecule has 0 spiro atoms. The van der Waals surface area contributed by atoms with Crippen LogP contribution in [0.1, 0.15) is 0 Å². The van der Waals surface area contributed by atoms with Crippen molar-refractivity contribution < 1.29 is 19.5 Å². The van der Waals surface area contributed by atoms with Crippen molar-refractivity contribution in [1.82, 2.24) is 0 Å². The van der Waals surface area contributed by atoms with Gasteiger partial charge in [0.15, 0.2) is 0 Å². The van der Waals surface area contributed by atoms with Crippen LogP contribution in [0, 0.1) is 6.07 Å². The fourth-order valence-corrected chi connectivity index (χ4v) is 0.649. The largest absolute Gasteiger partial charge is 0.175 e. The summed E-state index contributed by atoms with van der Waals surface area (Å²) in [7, 11) is 0. The van der Waals surface area contributed by atoms with E-state index >= 15 is 0 Å². The third kappa shape index (κ3) is 2.66. The van der Waals surface area contributed by atoms with Crippen molar-refractivity contribution >= 4 is 23.2 Å². The van der Waals surface area contributed by atoms with Crippen molar-refractivity contribution in [1.29, 1.82) is 0 Å². The number of rotatable bonds is 0. The first kappa shape index (κ1) is 9.42. The van der Waals surface area contributed by atoms with Gasteiger partial charge in [-0.2, -0.15) is 35.9 Å². The summed E-state index contributed by atoms with van der Waals surface area (Å²) in [4.78, 5) is 0. The summed E-state index contributed by atoms with van der Waals surface area (Å²) in [5, 5.41) is 1.03. The molecule has 3 heteroatoms. The van der Waals surface area contributed by atoms with Gasteiger partial charge < -0.3 is 0 Å². The average Bonchev–Trinajstić information content (AvgIpc) is 1.77. The summed E-state index contributed by atoms with van der Waals surface area (Å²) < 4.78 is 0. The van der Waals surface area contributed by atoms with Crippen LogP contribution in [0.4, 0.5) is 0 Å². The molecule has 44 valence electrons. The van der Waals surface area contributed by atoms with E-state index in [1.54, 1.807) is 18.2 Å². The molecule has 0 atom stereocenters. The maximum atomic E-state index is 5.55. The minimum Gasteiger partial charge on any atom is -0.175 e. The van der Waals surface area contributed by atoms with Gasteiger partial charge in [0.1, 0.15) is 0 Å². The fourth-order valence-electron chi connectivity index (χ4n) is 0.396. The molecule has 1 aromatic carbocycles. The van der Waals surface area contributed by atoms with E-state index in [0.29, 0.717) is 10.0 Å². The Hall–Kier alpha value is 0.423. The third-order valence-electron chi connectivity index (χ3n) is 0.759. The molecule has 9 heavy (non-hydrogen) atoms.